The van der Waals surface area contributed by atoms with Gasteiger partial charge in [-0.15, -0.1) is 0 Å². The molecule has 0 aromatic heterocycles. The average Bonchev–Trinajstić information content (AvgIpc) is 2.64. The van der Waals surface area contributed by atoms with E-state index < -0.39 is 0 Å². The van der Waals surface area contributed by atoms with Gasteiger partial charge in [0.05, 0.1) is 5.60 Å². The number of hydrogen-bond donors (Lipinski definition) is 0. The van der Waals surface area contributed by atoms with E-state index >= 15 is 0 Å². The quantitative estimate of drug-likeness (QED) is 0.273. The molecule has 2 unspecified atom stereocenters. The predicted octanol–water partition coefficient (Wildman–Crippen LogP) is 7.27. The van der Waals surface area contributed by atoms with Gasteiger partial charge in [0.15, 0.2) is 0 Å². The van der Waals surface area contributed by atoms with Gasteiger partial charge in [-0.25, -0.2) is 0 Å². The smallest absolute Gasteiger partial charge is 0.0930 e. The highest BCUT2D eigenvalue weighted by atomic mass is 16.5. The fourth-order valence-electron chi connectivity index (χ4n) is 3.58. The fourth-order valence-corrected chi connectivity index (χ4v) is 3.58. The van der Waals surface area contributed by atoms with Crippen LogP contribution in [0.4, 0.5) is 0 Å². The fraction of sp³-hybridized carbons (Fsp3) is 0.652. The molecule has 24 heavy (non-hydrogen) atoms. The normalized spacial score (nSPS) is 15.5. The maximum atomic E-state index is 6.09. The second-order valence-electron chi connectivity index (χ2n) is 6.92. The molecule has 1 aromatic carbocycles. The van der Waals surface area contributed by atoms with Gasteiger partial charge in [-0.3, -0.25) is 0 Å². The molecule has 0 heterocycles. The van der Waals surface area contributed by atoms with Crippen LogP contribution in [-0.4, -0.2) is 7.11 Å². The van der Waals surface area contributed by atoms with Gasteiger partial charge in [0.1, 0.15) is 0 Å². The summed E-state index contributed by atoms with van der Waals surface area (Å²) in [5, 5.41) is 0. The largest absolute Gasteiger partial charge is 0.374 e. The zero-order chi connectivity index (χ0) is 17.7. The van der Waals surface area contributed by atoms with Crippen molar-refractivity contribution in [2.24, 2.45) is 5.92 Å². The van der Waals surface area contributed by atoms with Gasteiger partial charge in [0, 0.05) is 7.11 Å². The van der Waals surface area contributed by atoms with Crippen molar-refractivity contribution in [1.29, 1.82) is 0 Å². The van der Waals surface area contributed by atoms with Crippen LogP contribution in [0.5, 0.6) is 0 Å². The lowest BCUT2D eigenvalue weighted by Crippen LogP contribution is -2.30. The molecule has 0 saturated heterocycles. The number of methoxy groups -OCH3 is 1. The number of benzene rings is 1. The zero-order valence-corrected chi connectivity index (χ0v) is 16.4. The minimum absolute atomic E-state index is 0.159. The van der Waals surface area contributed by atoms with Crippen molar-refractivity contribution < 1.29 is 4.74 Å². The molecule has 1 aromatic rings. The first-order chi connectivity index (χ1) is 11.7. The molecule has 0 radical (unpaired) electrons. The van der Waals surface area contributed by atoms with E-state index in [-0.39, 0.29) is 5.60 Å². The number of ether oxygens (including phenoxy) is 1. The van der Waals surface area contributed by atoms with E-state index in [1.165, 1.54) is 44.1 Å². The van der Waals surface area contributed by atoms with Gasteiger partial charge < -0.3 is 4.74 Å². The summed E-state index contributed by atoms with van der Waals surface area (Å²) in [5.74, 6) is 0.603. The summed E-state index contributed by atoms with van der Waals surface area (Å²) in [4.78, 5) is 0. The summed E-state index contributed by atoms with van der Waals surface area (Å²) >= 11 is 0. The first-order valence-electron chi connectivity index (χ1n) is 9.99. The van der Waals surface area contributed by atoms with Gasteiger partial charge in [0.25, 0.3) is 0 Å². The lowest BCUT2D eigenvalue weighted by Gasteiger charge is -2.35. The number of unbranched alkanes of at least 4 members (excludes halogenated alkanes) is 4. The van der Waals surface area contributed by atoms with Crippen molar-refractivity contribution in [2.75, 3.05) is 7.11 Å². The molecule has 1 rings (SSSR count). The molecule has 0 saturated carbocycles. The highest BCUT2D eigenvalue weighted by Crippen LogP contribution is 2.37. The summed E-state index contributed by atoms with van der Waals surface area (Å²) in [6.45, 7) is 6.74. The topological polar surface area (TPSA) is 9.23 Å². The maximum Gasteiger partial charge on any atom is 0.0930 e. The van der Waals surface area contributed by atoms with Gasteiger partial charge >= 0.3 is 0 Å². The Morgan fingerprint density at radius 1 is 1.00 bits per heavy atom. The number of allylic oxidation sites excluding steroid dienone is 2. The van der Waals surface area contributed by atoms with E-state index in [1.807, 2.05) is 7.11 Å². The standard InChI is InChI=1S/C23H38O/c1-5-8-10-11-13-17-21(16-9-6-2)20-23(7-3,24-4)22-18-14-12-15-19-22/h9,12,14-16,18-19,21H,5-8,10-11,13,17,20H2,1-4H3. The van der Waals surface area contributed by atoms with E-state index in [2.05, 4.69) is 63.3 Å². The lowest BCUT2D eigenvalue weighted by molar-refractivity contribution is -0.0349. The van der Waals surface area contributed by atoms with E-state index in [0.29, 0.717) is 5.92 Å². The SMILES string of the molecule is CCC=CC(CCCCCCC)CC(CC)(OC)c1ccccc1. The maximum absolute atomic E-state index is 6.09. The van der Waals surface area contributed by atoms with E-state index in [9.17, 15) is 0 Å². The summed E-state index contributed by atoms with van der Waals surface area (Å²) in [6, 6.07) is 10.8. The predicted molar refractivity (Wildman–Crippen MR) is 106 cm³/mol. The Hall–Kier alpha value is -1.08. The van der Waals surface area contributed by atoms with Crippen LogP contribution in [-0.2, 0) is 10.3 Å². The molecule has 0 bridgehead atoms. The molecule has 0 fully saturated rings. The average molecular weight is 331 g/mol. The van der Waals surface area contributed by atoms with Crippen LogP contribution in [0, 0.1) is 5.92 Å². The molecule has 0 aliphatic heterocycles. The second-order valence-corrected chi connectivity index (χ2v) is 6.92. The Morgan fingerprint density at radius 3 is 2.29 bits per heavy atom. The minimum atomic E-state index is -0.159. The van der Waals surface area contributed by atoms with E-state index in [0.717, 1.165) is 19.3 Å². The number of hydrogen-bond acceptors (Lipinski definition) is 1. The lowest BCUT2D eigenvalue weighted by atomic mass is 9.80. The van der Waals surface area contributed by atoms with Crippen LogP contribution in [0.3, 0.4) is 0 Å². The van der Waals surface area contributed by atoms with Crippen LogP contribution in [0.25, 0.3) is 0 Å². The summed E-state index contributed by atoms with van der Waals surface area (Å²) in [7, 11) is 1.87. The van der Waals surface area contributed by atoms with Gasteiger partial charge in [-0.1, -0.05) is 95.4 Å². The van der Waals surface area contributed by atoms with Crippen LogP contribution in [0.1, 0.15) is 84.1 Å². The molecule has 0 spiro atoms. The minimum Gasteiger partial charge on any atom is -0.374 e. The monoisotopic (exact) mass is 330 g/mol. The molecule has 0 aliphatic rings. The van der Waals surface area contributed by atoms with E-state index in [1.54, 1.807) is 0 Å². The highest BCUT2D eigenvalue weighted by Gasteiger charge is 2.32. The molecular weight excluding hydrogens is 292 g/mol. The van der Waals surface area contributed by atoms with Gasteiger partial charge in [-0.05, 0) is 37.2 Å². The van der Waals surface area contributed by atoms with Crippen molar-refractivity contribution in [3.8, 4) is 0 Å². The van der Waals surface area contributed by atoms with Crippen molar-refractivity contribution in [3.05, 3.63) is 48.0 Å². The van der Waals surface area contributed by atoms with Crippen molar-refractivity contribution in [1.82, 2.24) is 0 Å². The second kappa shape index (κ2) is 12.3. The molecule has 136 valence electrons. The van der Waals surface area contributed by atoms with Crippen molar-refractivity contribution >= 4 is 0 Å². The van der Waals surface area contributed by atoms with Crippen molar-refractivity contribution in [2.45, 2.75) is 84.2 Å². The van der Waals surface area contributed by atoms with Crippen molar-refractivity contribution in [3.63, 3.8) is 0 Å². The Labute approximate surface area is 150 Å². The molecule has 1 heteroatoms. The van der Waals surface area contributed by atoms with Crippen LogP contribution >= 0.6 is 0 Å². The third kappa shape index (κ3) is 6.81. The first kappa shape index (κ1) is 21.0. The molecule has 1 nitrogen and oxygen atoms in total. The van der Waals surface area contributed by atoms with Gasteiger partial charge in [-0.2, -0.15) is 0 Å². The third-order valence-corrected chi connectivity index (χ3v) is 5.18. The molecule has 2 atom stereocenters. The molecular formula is C23H38O. The molecule has 0 aliphatic carbocycles. The Bertz CT molecular complexity index is 431. The van der Waals surface area contributed by atoms with Crippen LogP contribution in [0.15, 0.2) is 42.5 Å². The first-order valence-corrected chi connectivity index (χ1v) is 9.99. The third-order valence-electron chi connectivity index (χ3n) is 5.18. The Balaban J connectivity index is 2.78. The Kier molecular flexibility index (Phi) is 10.7. The van der Waals surface area contributed by atoms with Crippen LogP contribution in [0.2, 0.25) is 0 Å². The Morgan fingerprint density at radius 2 is 1.71 bits per heavy atom. The summed E-state index contributed by atoms with van der Waals surface area (Å²) in [5.41, 5.74) is 1.16. The van der Waals surface area contributed by atoms with Gasteiger partial charge in [0.2, 0.25) is 0 Å². The summed E-state index contributed by atoms with van der Waals surface area (Å²) < 4.78 is 6.09. The molecule has 0 N–H and O–H groups in total. The molecule has 0 amide bonds. The van der Waals surface area contributed by atoms with Crippen LogP contribution < -0.4 is 0 Å². The van der Waals surface area contributed by atoms with E-state index in [4.69, 9.17) is 4.74 Å². The zero-order valence-electron chi connectivity index (χ0n) is 16.4. The summed E-state index contributed by atoms with van der Waals surface area (Å²) in [6.07, 6.45) is 16.0. The number of rotatable bonds is 13. The highest BCUT2D eigenvalue weighted by molar-refractivity contribution is 5.23.